The first kappa shape index (κ1) is 8.55. The van der Waals surface area contributed by atoms with E-state index in [1.807, 2.05) is 0 Å². The number of aromatic carboxylic acids is 1. The Hall–Kier alpha value is -1.55. The molecular formula is C8H10N2O2. The van der Waals surface area contributed by atoms with E-state index >= 15 is 0 Å². The molecule has 0 aromatic heterocycles. The summed E-state index contributed by atoms with van der Waals surface area (Å²) in [7, 11) is 0. The van der Waals surface area contributed by atoms with Gasteiger partial charge in [0.05, 0.1) is 5.56 Å². The first-order valence-corrected chi connectivity index (χ1v) is 3.47. The van der Waals surface area contributed by atoms with Crippen molar-refractivity contribution in [1.29, 1.82) is 0 Å². The monoisotopic (exact) mass is 166 g/mol. The zero-order valence-electron chi connectivity index (χ0n) is 6.45. The van der Waals surface area contributed by atoms with Crippen molar-refractivity contribution in [2.75, 3.05) is 5.73 Å². The van der Waals surface area contributed by atoms with Gasteiger partial charge in [-0.2, -0.15) is 0 Å². The minimum atomic E-state index is -1.03. The quantitative estimate of drug-likeness (QED) is 0.555. The van der Waals surface area contributed by atoms with Crippen LogP contribution < -0.4 is 11.5 Å². The van der Waals surface area contributed by atoms with Crippen molar-refractivity contribution in [1.82, 2.24) is 0 Å². The van der Waals surface area contributed by atoms with E-state index < -0.39 is 5.97 Å². The molecule has 0 bridgehead atoms. The smallest absolute Gasteiger partial charge is 0.338 e. The summed E-state index contributed by atoms with van der Waals surface area (Å²) in [5.74, 6) is -1.03. The number of hydrogen-bond donors (Lipinski definition) is 3. The molecule has 0 spiro atoms. The number of hydrogen-bond acceptors (Lipinski definition) is 3. The third kappa shape index (κ3) is 1.38. The van der Waals surface area contributed by atoms with Gasteiger partial charge < -0.3 is 16.6 Å². The summed E-state index contributed by atoms with van der Waals surface area (Å²) in [6, 6.07) is 4.88. The van der Waals surface area contributed by atoms with Crippen LogP contribution in [0.25, 0.3) is 0 Å². The molecule has 1 aromatic rings. The van der Waals surface area contributed by atoms with Gasteiger partial charge in [0.1, 0.15) is 0 Å². The van der Waals surface area contributed by atoms with E-state index in [9.17, 15) is 4.79 Å². The van der Waals surface area contributed by atoms with Crippen molar-refractivity contribution < 1.29 is 9.90 Å². The molecule has 0 unspecified atom stereocenters. The Morgan fingerprint density at radius 2 is 2.17 bits per heavy atom. The highest BCUT2D eigenvalue weighted by Gasteiger charge is 2.11. The van der Waals surface area contributed by atoms with Crippen LogP contribution in [-0.2, 0) is 6.54 Å². The van der Waals surface area contributed by atoms with Crippen LogP contribution in [0.1, 0.15) is 15.9 Å². The number of nitrogen functional groups attached to an aromatic ring is 1. The van der Waals surface area contributed by atoms with E-state index in [-0.39, 0.29) is 17.8 Å². The molecule has 12 heavy (non-hydrogen) atoms. The number of benzene rings is 1. The van der Waals surface area contributed by atoms with Gasteiger partial charge in [0.25, 0.3) is 0 Å². The summed E-state index contributed by atoms with van der Waals surface area (Å²) in [4.78, 5) is 10.7. The summed E-state index contributed by atoms with van der Waals surface area (Å²) in [6.07, 6.45) is 0. The van der Waals surface area contributed by atoms with E-state index in [0.29, 0.717) is 5.56 Å². The lowest BCUT2D eigenvalue weighted by Crippen LogP contribution is -2.09. The third-order valence-electron chi connectivity index (χ3n) is 1.62. The van der Waals surface area contributed by atoms with E-state index in [4.69, 9.17) is 16.6 Å². The molecule has 0 aliphatic carbocycles. The van der Waals surface area contributed by atoms with Crippen LogP contribution in [0.15, 0.2) is 18.2 Å². The fourth-order valence-electron chi connectivity index (χ4n) is 1.05. The van der Waals surface area contributed by atoms with Crippen LogP contribution in [0.5, 0.6) is 0 Å². The largest absolute Gasteiger partial charge is 0.478 e. The number of anilines is 1. The fraction of sp³-hybridized carbons (Fsp3) is 0.125. The lowest BCUT2D eigenvalue weighted by atomic mass is 10.1. The number of nitrogens with two attached hydrogens (primary N) is 2. The molecule has 1 rings (SSSR count). The second-order valence-corrected chi connectivity index (χ2v) is 2.39. The van der Waals surface area contributed by atoms with Gasteiger partial charge in [-0.1, -0.05) is 12.1 Å². The lowest BCUT2D eigenvalue weighted by Gasteiger charge is -2.05. The van der Waals surface area contributed by atoms with Crippen LogP contribution in [0.2, 0.25) is 0 Å². The maximum atomic E-state index is 10.7. The second-order valence-electron chi connectivity index (χ2n) is 2.39. The maximum Gasteiger partial charge on any atom is 0.338 e. The van der Waals surface area contributed by atoms with Crippen molar-refractivity contribution >= 4 is 11.7 Å². The summed E-state index contributed by atoms with van der Waals surface area (Å²) in [5.41, 5.74) is 11.7. The predicted octanol–water partition coefficient (Wildman–Crippen LogP) is 0.426. The Balaban J connectivity index is 3.29. The molecule has 0 atom stereocenters. The zero-order valence-corrected chi connectivity index (χ0v) is 6.45. The first-order chi connectivity index (χ1) is 5.66. The van der Waals surface area contributed by atoms with E-state index in [0.717, 1.165) is 0 Å². The molecular weight excluding hydrogens is 156 g/mol. The average molecular weight is 166 g/mol. The van der Waals surface area contributed by atoms with Crippen molar-refractivity contribution in [3.63, 3.8) is 0 Å². The minimum Gasteiger partial charge on any atom is -0.478 e. The highest BCUT2D eigenvalue weighted by atomic mass is 16.4. The highest BCUT2D eigenvalue weighted by Crippen LogP contribution is 2.16. The van der Waals surface area contributed by atoms with Crippen molar-refractivity contribution in [3.05, 3.63) is 29.3 Å². The van der Waals surface area contributed by atoms with Crippen LogP contribution >= 0.6 is 0 Å². The third-order valence-corrected chi connectivity index (χ3v) is 1.62. The molecule has 0 amide bonds. The molecule has 0 aliphatic rings. The Morgan fingerprint density at radius 1 is 1.50 bits per heavy atom. The molecule has 0 fully saturated rings. The van der Waals surface area contributed by atoms with Gasteiger partial charge in [-0.25, -0.2) is 4.79 Å². The standard InChI is InChI=1S/C8H10N2O2/c9-4-5-2-1-3-6(10)7(5)8(11)12/h1-3H,4,9-10H2,(H,11,12). The minimum absolute atomic E-state index is 0.111. The summed E-state index contributed by atoms with van der Waals surface area (Å²) >= 11 is 0. The van der Waals surface area contributed by atoms with Gasteiger partial charge in [0.15, 0.2) is 0 Å². The molecule has 0 radical (unpaired) electrons. The topological polar surface area (TPSA) is 89.3 Å². The molecule has 0 heterocycles. The summed E-state index contributed by atoms with van der Waals surface area (Å²) in [5, 5.41) is 8.74. The van der Waals surface area contributed by atoms with E-state index in [2.05, 4.69) is 0 Å². The average Bonchev–Trinajstić information content (AvgIpc) is 2.03. The van der Waals surface area contributed by atoms with E-state index in [1.54, 1.807) is 18.2 Å². The Labute approximate surface area is 69.8 Å². The van der Waals surface area contributed by atoms with Crippen LogP contribution in [0.3, 0.4) is 0 Å². The Bertz CT molecular complexity index is 310. The molecule has 4 nitrogen and oxygen atoms in total. The van der Waals surface area contributed by atoms with Gasteiger partial charge in [0, 0.05) is 12.2 Å². The fourth-order valence-corrected chi connectivity index (χ4v) is 1.05. The summed E-state index contributed by atoms with van der Waals surface area (Å²) < 4.78 is 0. The molecule has 0 aliphatic heterocycles. The molecule has 4 heteroatoms. The number of rotatable bonds is 2. The highest BCUT2D eigenvalue weighted by molar-refractivity contribution is 5.95. The van der Waals surface area contributed by atoms with Crippen LogP contribution in [0, 0.1) is 0 Å². The van der Waals surface area contributed by atoms with Gasteiger partial charge in [0.2, 0.25) is 0 Å². The molecule has 0 saturated heterocycles. The molecule has 0 saturated carbocycles. The van der Waals surface area contributed by atoms with Crippen molar-refractivity contribution in [2.45, 2.75) is 6.54 Å². The Morgan fingerprint density at radius 3 is 2.58 bits per heavy atom. The second kappa shape index (κ2) is 3.23. The van der Waals surface area contributed by atoms with Crippen LogP contribution in [0.4, 0.5) is 5.69 Å². The predicted molar refractivity (Wildman–Crippen MR) is 45.7 cm³/mol. The SMILES string of the molecule is NCc1cccc(N)c1C(=O)O. The van der Waals surface area contributed by atoms with Crippen molar-refractivity contribution in [2.24, 2.45) is 5.73 Å². The summed E-state index contributed by atoms with van der Waals surface area (Å²) in [6.45, 7) is 0.187. The number of carboxylic acid groups (broad SMARTS) is 1. The maximum absolute atomic E-state index is 10.7. The number of carbonyl (C=O) groups is 1. The number of carboxylic acids is 1. The Kier molecular flexibility index (Phi) is 2.30. The van der Waals surface area contributed by atoms with Crippen molar-refractivity contribution in [3.8, 4) is 0 Å². The normalized spacial score (nSPS) is 9.75. The van der Waals surface area contributed by atoms with Gasteiger partial charge in [-0.15, -0.1) is 0 Å². The van der Waals surface area contributed by atoms with E-state index in [1.165, 1.54) is 0 Å². The molecule has 5 N–H and O–H groups in total. The van der Waals surface area contributed by atoms with Gasteiger partial charge in [-0.3, -0.25) is 0 Å². The van der Waals surface area contributed by atoms with Crippen LogP contribution in [-0.4, -0.2) is 11.1 Å². The molecule has 64 valence electrons. The first-order valence-electron chi connectivity index (χ1n) is 3.47. The molecule has 1 aromatic carbocycles. The van der Waals surface area contributed by atoms with Gasteiger partial charge in [-0.05, 0) is 11.6 Å². The lowest BCUT2D eigenvalue weighted by molar-refractivity contribution is 0.0697. The zero-order chi connectivity index (χ0) is 9.14. The van der Waals surface area contributed by atoms with Gasteiger partial charge >= 0.3 is 5.97 Å².